The molecule has 0 radical (unpaired) electrons. The van der Waals surface area contributed by atoms with Crippen molar-refractivity contribution in [2.75, 3.05) is 33.9 Å². The quantitative estimate of drug-likeness (QED) is 0.800. The SMILES string of the molecule is CC1Cc2cc(C(=O)Nc3cc(F)ccc3N3CCCCC3)ccc2N1S(C)(=O)=O. The molecule has 2 heterocycles. The van der Waals surface area contributed by atoms with Crippen molar-refractivity contribution in [2.24, 2.45) is 0 Å². The third-order valence-corrected chi connectivity index (χ3v) is 7.03. The highest BCUT2D eigenvalue weighted by Crippen LogP contribution is 2.35. The monoisotopic (exact) mass is 431 g/mol. The number of amides is 1. The summed E-state index contributed by atoms with van der Waals surface area (Å²) in [6.45, 7) is 3.61. The molecule has 6 nitrogen and oxygen atoms in total. The predicted octanol–water partition coefficient (Wildman–Crippen LogP) is 3.78. The number of halogens is 1. The largest absolute Gasteiger partial charge is 0.370 e. The maximum Gasteiger partial charge on any atom is 0.255 e. The van der Waals surface area contributed by atoms with Crippen molar-refractivity contribution in [3.05, 3.63) is 53.3 Å². The molecule has 2 aliphatic rings. The Morgan fingerprint density at radius 1 is 1.07 bits per heavy atom. The number of hydrogen-bond acceptors (Lipinski definition) is 4. The Labute approximate surface area is 176 Å². The number of rotatable bonds is 4. The Bertz CT molecular complexity index is 1080. The number of sulfonamides is 1. The van der Waals surface area contributed by atoms with Crippen LogP contribution in [0, 0.1) is 5.82 Å². The third kappa shape index (κ3) is 4.01. The smallest absolute Gasteiger partial charge is 0.255 e. The van der Waals surface area contributed by atoms with Gasteiger partial charge in [-0.3, -0.25) is 9.10 Å². The molecular weight excluding hydrogens is 405 g/mol. The van der Waals surface area contributed by atoms with Crippen LogP contribution in [0.15, 0.2) is 36.4 Å². The van der Waals surface area contributed by atoms with E-state index in [-0.39, 0.29) is 11.9 Å². The molecule has 0 aliphatic carbocycles. The van der Waals surface area contributed by atoms with Gasteiger partial charge in [0.05, 0.1) is 23.3 Å². The molecule has 8 heteroatoms. The molecule has 1 saturated heterocycles. The normalized spacial score (nSPS) is 19.0. The summed E-state index contributed by atoms with van der Waals surface area (Å²) < 4.78 is 39.5. The molecule has 0 saturated carbocycles. The Morgan fingerprint density at radius 3 is 2.47 bits per heavy atom. The highest BCUT2D eigenvalue weighted by atomic mass is 32.2. The lowest BCUT2D eigenvalue weighted by molar-refractivity contribution is 0.102. The topological polar surface area (TPSA) is 69.7 Å². The van der Waals surface area contributed by atoms with E-state index in [1.165, 1.54) is 29.1 Å². The number of carbonyl (C=O) groups excluding carboxylic acids is 1. The van der Waals surface area contributed by atoms with Gasteiger partial charge >= 0.3 is 0 Å². The summed E-state index contributed by atoms with van der Waals surface area (Å²) in [5, 5.41) is 2.86. The predicted molar refractivity (Wildman–Crippen MR) is 117 cm³/mol. The van der Waals surface area contributed by atoms with Crippen LogP contribution in [-0.4, -0.2) is 39.7 Å². The summed E-state index contributed by atoms with van der Waals surface area (Å²) in [6.07, 6.45) is 5.06. The lowest BCUT2D eigenvalue weighted by atomic mass is 10.1. The van der Waals surface area contributed by atoms with E-state index in [9.17, 15) is 17.6 Å². The van der Waals surface area contributed by atoms with E-state index in [1.54, 1.807) is 24.3 Å². The standard InChI is InChI=1S/C22H26FN3O3S/c1-15-12-17-13-16(6-8-20(17)26(15)30(2,28)29)22(27)24-19-14-18(23)7-9-21(19)25-10-4-3-5-11-25/h6-9,13-15H,3-5,10-12H2,1-2H3,(H,24,27). The Hall–Kier alpha value is -2.61. The van der Waals surface area contributed by atoms with E-state index < -0.39 is 15.8 Å². The lowest BCUT2D eigenvalue weighted by Crippen LogP contribution is -2.34. The van der Waals surface area contributed by atoms with Gasteiger partial charge < -0.3 is 10.2 Å². The van der Waals surface area contributed by atoms with Crippen LogP contribution in [-0.2, 0) is 16.4 Å². The summed E-state index contributed by atoms with van der Waals surface area (Å²) >= 11 is 0. The van der Waals surface area contributed by atoms with E-state index in [0.29, 0.717) is 23.4 Å². The first-order chi connectivity index (χ1) is 14.2. The number of anilines is 3. The van der Waals surface area contributed by atoms with Crippen molar-refractivity contribution in [1.82, 2.24) is 0 Å². The van der Waals surface area contributed by atoms with Gasteiger partial charge in [-0.2, -0.15) is 0 Å². The minimum absolute atomic E-state index is 0.192. The zero-order chi connectivity index (χ0) is 21.5. The molecule has 2 aromatic rings. The van der Waals surface area contributed by atoms with Gasteiger partial charge in [0.1, 0.15) is 5.82 Å². The number of hydrogen-bond donors (Lipinski definition) is 1. The molecule has 160 valence electrons. The van der Waals surface area contributed by atoms with E-state index in [4.69, 9.17) is 0 Å². The molecule has 1 atom stereocenters. The van der Waals surface area contributed by atoms with Crippen molar-refractivity contribution in [3.63, 3.8) is 0 Å². The fraction of sp³-hybridized carbons (Fsp3) is 0.409. The van der Waals surface area contributed by atoms with Crippen LogP contribution in [0.2, 0.25) is 0 Å². The van der Waals surface area contributed by atoms with Crippen LogP contribution in [0.5, 0.6) is 0 Å². The number of nitrogens with zero attached hydrogens (tertiary/aromatic N) is 2. The van der Waals surface area contributed by atoms with E-state index >= 15 is 0 Å². The fourth-order valence-corrected chi connectivity index (χ4v) is 5.73. The number of carbonyl (C=O) groups is 1. The van der Waals surface area contributed by atoms with Crippen molar-refractivity contribution in [2.45, 2.75) is 38.6 Å². The van der Waals surface area contributed by atoms with Crippen LogP contribution in [0.4, 0.5) is 21.5 Å². The molecular formula is C22H26FN3O3S. The van der Waals surface area contributed by atoms with Gasteiger partial charge in [0, 0.05) is 24.7 Å². The van der Waals surface area contributed by atoms with Crippen LogP contribution in [0.3, 0.4) is 0 Å². The molecule has 1 fully saturated rings. The average Bonchev–Trinajstić information content (AvgIpc) is 3.04. The van der Waals surface area contributed by atoms with Crippen LogP contribution < -0.4 is 14.5 Å². The molecule has 1 unspecified atom stereocenters. The summed E-state index contributed by atoms with van der Waals surface area (Å²) in [4.78, 5) is 15.1. The van der Waals surface area contributed by atoms with Crippen molar-refractivity contribution in [3.8, 4) is 0 Å². The second kappa shape index (κ2) is 7.91. The van der Waals surface area contributed by atoms with Gasteiger partial charge in [0.2, 0.25) is 10.0 Å². The molecule has 0 aromatic heterocycles. The van der Waals surface area contributed by atoms with Gasteiger partial charge in [0.15, 0.2) is 0 Å². The fourth-order valence-electron chi connectivity index (χ4n) is 4.46. The highest BCUT2D eigenvalue weighted by Gasteiger charge is 2.32. The van der Waals surface area contributed by atoms with Crippen LogP contribution >= 0.6 is 0 Å². The highest BCUT2D eigenvalue weighted by molar-refractivity contribution is 7.92. The maximum absolute atomic E-state index is 13.9. The second-order valence-electron chi connectivity index (χ2n) is 8.12. The van der Waals surface area contributed by atoms with Crippen molar-refractivity contribution < 1.29 is 17.6 Å². The molecule has 4 rings (SSSR count). The number of benzene rings is 2. The average molecular weight is 432 g/mol. The van der Waals surface area contributed by atoms with Gasteiger partial charge in [-0.15, -0.1) is 0 Å². The number of fused-ring (bicyclic) bond motifs is 1. The lowest BCUT2D eigenvalue weighted by Gasteiger charge is -2.30. The van der Waals surface area contributed by atoms with Crippen molar-refractivity contribution >= 4 is 33.0 Å². The Balaban J connectivity index is 1.60. The summed E-state index contributed by atoms with van der Waals surface area (Å²) in [5.74, 6) is -0.746. The first-order valence-corrected chi connectivity index (χ1v) is 12.1. The van der Waals surface area contributed by atoms with Crippen LogP contribution in [0.25, 0.3) is 0 Å². The van der Waals surface area contributed by atoms with Gasteiger partial charge in [-0.25, -0.2) is 12.8 Å². The molecule has 2 aliphatic heterocycles. The molecule has 30 heavy (non-hydrogen) atoms. The molecule has 2 aromatic carbocycles. The maximum atomic E-state index is 13.9. The number of nitrogens with one attached hydrogen (secondary N) is 1. The minimum Gasteiger partial charge on any atom is -0.370 e. The minimum atomic E-state index is -3.38. The van der Waals surface area contributed by atoms with Crippen molar-refractivity contribution in [1.29, 1.82) is 0 Å². The zero-order valence-electron chi connectivity index (χ0n) is 17.2. The molecule has 0 spiro atoms. The van der Waals surface area contributed by atoms with E-state index in [2.05, 4.69) is 10.2 Å². The van der Waals surface area contributed by atoms with Gasteiger partial charge in [0.25, 0.3) is 5.91 Å². The summed E-state index contributed by atoms with van der Waals surface area (Å²) in [7, 11) is -3.38. The van der Waals surface area contributed by atoms with Gasteiger partial charge in [-0.05, 0) is 74.6 Å². The third-order valence-electron chi connectivity index (χ3n) is 5.76. The second-order valence-corrected chi connectivity index (χ2v) is 9.98. The Morgan fingerprint density at radius 2 is 1.77 bits per heavy atom. The van der Waals surface area contributed by atoms with Gasteiger partial charge in [-0.1, -0.05) is 0 Å². The van der Waals surface area contributed by atoms with E-state index in [0.717, 1.165) is 37.2 Å². The van der Waals surface area contributed by atoms with E-state index in [1.807, 2.05) is 6.92 Å². The number of piperidine rings is 1. The summed E-state index contributed by atoms with van der Waals surface area (Å²) in [5.41, 5.74) is 3.12. The molecule has 0 bridgehead atoms. The molecule has 1 amide bonds. The molecule has 1 N–H and O–H groups in total. The first kappa shape index (κ1) is 20.7. The summed E-state index contributed by atoms with van der Waals surface area (Å²) in [6, 6.07) is 9.30. The first-order valence-electron chi connectivity index (χ1n) is 10.2. The zero-order valence-corrected chi connectivity index (χ0v) is 18.0. The Kier molecular flexibility index (Phi) is 5.44. The van der Waals surface area contributed by atoms with Crippen LogP contribution in [0.1, 0.15) is 42.1 Å².